The average Bonchev–Trinajstić information content (AvgIpc) is 2.61. The van der Waals surface area contributed by atoms with Crippen molar-refractivity contribution in [1.82, 2.24) is 20.5 Å². The standard InChI is InChI=1S/C9H14N4/c1-10-6-5-9-11-7-3-2-4-8(7)12-13-9/h10H,2-6H2,1H3. The van der Waals surface area contributed by atoms with E-state index in [0.717, 1.165) is 37.3 Å². The molecule has 1 aromatic heterocycles. The molecule has 0 bridgehead atoms. The number of aryl methyl sites for hydroxylation is 2. The average molecular weight is 178 g/mol. The van der Waals surface area contributed by atoms with E-state index < -0.39 is 0 Å². The Kier molecular flexibility index (Phi) is 2.49. The van der Waals surface area contributed by atoms with Crippen LogP contribution >= 0.6 is 0 Å². The lowest BCUT2D eigenvalue weighted by atomic mass is 10.3. The molecule has 0 aromatic carbocycles. The molecule has 1 aliphatic rings. The molecule has 2 rings (SSSR count). The second kappa shape index (κ2) is 3.79. The van der Waals surface area contributed by atoms with Crippen molar-refractivity contribution in [3.8, 4) is 0 Å². The summed E-state index contributed by atoms with van der Waals surface area (Å²) in [5, 5.41) is 11.3. The smallest absolute Gasteiger partial charge is 0.152 e. The van der Waals surface area contributed by atoms with Crippen LogP contribution in [0.5, 0.6) is 0 Å². The van der Waals surface area contributed by atoms with Crippen molar-refractivity contribution in [1.29, 1.82) is 0 Å². The summed E-state index contributed by atoms with van der Waals surface area (Å²) in [4.78, 5) is 4.48. The van der Waals surface area contributed by atoms with Crippen LogP contribution < -0.4 is 5.32 Å². The normalized spacial score (nSPS) is 14.5. The van der Waals surface area contributed by atoms with Crippen LogP contribution in [0, 0.1) is 0 Å². The van der Waals surface area contributed by atoms with Gasteiger partial charge in [0, 0.05) is 13.0 Å². The van der Waals surface area contributed by atoms with Crippen LogP contribution in [0.15, 0.2) is 0 Å². The molecule has 0 radical (unpaired) electrons. The fourth-order valence-corrected chi connectivity index (χ4v) is 1.58. The monoisotopic (exact) mass is 178 g/mol. The van der Waals surface area contributed by atoms with Crippen LogP contribution in [0.3, 0.4) is 0 Å². The van der Waals surface area contributed by atoms with Crippen LogP contribution in [0.4, 0.5) is 0 Å². The van der Waals surface area contributed by atoms with Gasteiger partial charge in [0.2, 0.25) is 0 Å². The van der Waals surface area contributed by atoms with Gasteiger partial charge >= 0.3 is 0 Å². The molecule has 0 unspecified atom stereocenters. The molecule has 0 atom stereocenters. The first kappa shape index (κ1) is 8.56. The van der Waals surface area contributed by atoms with Gasteiger partial charge in [0.25, 0.3) is 0 Å². The maximum atomic E-state index is 4.48. The minimum absolute atomic E-state index is 0.870. The predicted molar refractivity (Wildman–Crippen MR) is 49.5 cm³/mol. The summed E-state index contributed by atoms with van der Waals surface area (Å²) in [6.07, 6.45) is 4.20. The highest BCUT2D eigenvalue weighted by Crippen LogP contribution is 2.16. The minimum atomic E-state index is 0.870. The molecule has 1 heterocycles. The van der Waals surface area contributed by atoms with Gasteiger partial charge in [-0.1, -0.05) is 0 Å². The Bertz CT molecular complexity index is 298. The Labute approximate surface area is 77.8 Å². The molecule has 1 N–H and O–H groups in total. The molecule has 0 amide bonds. The molecular formula is C9H14N4. The molecule has 0 fully saturated rings. The van der Waals surface area contributed by atoms with Crippen molar-refractivity contribution < 1.29 is 0 Å². The Morgan fingerprint density at radius 3 is 2.92 bits per heavy atom. The van der Waals surface area contributed by atoms with Crippen molar-refractivity contribution in [3.05, 3.63) is 17.2 Å². The van der Waals surface area contributed by atoms with Gasteiger partial charge in [0.05, 0.1) is 11.4 Å². The van der Waals surface area contributed by atoms with E-state index in [9.17, 15) is 0 Å². The molecule has 4 nitrogen and oxygen atoms in total. The van der Waals surface area contributed by atoms with E-state index in [1.165, 1.54) is 12.1 Å². The summed E-state index contributed by atoms with van der Waals surface area (Å²) < 4.78 is 0. The first-order valence-corrected chi connectivity index (χ1v) is 4.76. The minimum Gasteiger partial charge on any atom is -0.319 e. The lowest BCUT2D eigenvalue weighted by Crippen LogP contribution is -2.13. The van der Waals surface area contributed by atoms with Gasteiger partial charge in [0.1, 0.15) is 0 Å². The maximum Gasteiger partial charge on any atom is 0.152 e. The topological polar surface area (TPSA) is 50.7 Å². The Hall–Kier alpha value is -1.03. The van der Waals surface area contributed by atoms with Gasteiger partial charge < -0.3 is 5.32 Å². The van der Waals surface area contributed by atoms with Crippen molar-refractivity contribution in [2.45, 2.75) is 25.7 Å². The summed E-state index contributed by atoms with van der Waals surface area (Å²) in [5.41, 5.74) is 2.27. The van der Waals surface area contributed by atoms with Crippen molar-refractivity contribution in [2.24, 2.45) is 0 Å². The third-order valence-electron chi connectivity index (χ3n) is 2.31. The van der Waals surface area contributed by atoms with Crippen LogP contribution in [0.25, 0.3) is 0 Å². The van der Waals surface area contributed by atoms with Crippen LogP contribution in [-0.4, -0.2) is 28.8 Å². The number of fused-ring (bicyclic) bond motifs is 1. The molecule has 0 spiro atoms. The number of hydrogen-bond acceptors (Lipinski definition) is 4. The third-order valence-corrected chi connectivity index (χ3v) is 2.31. The zero-order valence-corrected chi connectivity index (χ0v) is 7.88. The van der Waals surface area contributed by atoms with Gasteiger partial charge in [-0.25, -0.2) is 4.98 Å². The fraction of sp³-hybridized carbons (Fsp3) is 0.667. The highest BCUT2D eigenvalue weighted by Gasteiger charge is 2.14. The van der Waals surface area contributed by atoms with E-state index in [2.05, 4.69) is 20.5 Å². The number of hydrogen-bond donors (Lipinski definition) is 1. The number of rotatable bonds is 3. The Morgan fingerprint density at radius 1 is 1.23 bits per heavy atom. The van der Waals surface area contributed by atoms with Gasteiger partial charge in [0.15, 0.2) is 5.82 Å². The van der Waals surface area contributed by atoms with Gasteiger partial charge in [-0.15, -0.1) is 5.10 Å². The van der Waals surface area contributed by atoms with E-state index in [0.29, 0.717) is 0 Å². The van der Waals surface area contributed by atoms with E-state index in [1.807, 2.05) is 7.05 Å². The van der Waals surface area contributed by atoms with Crippen LogP contribution in [-0.2, 0) is 19.3 Å². The molecule has 13 heavy (non-hydrogen) atoms. The quantitative estimate of drug-likeness (QED) is 0.714. The molecule has 1 aliphatic carbocycles. The van der Waals surface area contributed by atoms with Crippen molar-refractivity contribution in [3.63, 3.8) is 0 Å². The van der Waals surface area contributed by atoms with E-state index >= 15 is 0 Å². The van der Waals surface area contributed by atoms with Crippen molar-refractivity contribution >= 4 is 0 Å². The largest absolute Gasteiger partial charge is 0.319 e. The van der Waals surface area contributed by atoms with E-state index in [4.69, 9.17) is 0 Å². The number of likely N-dealkylation sites (N-methyl/N-ethyl adjacent to an activating group) is 1. The Balaban J connectivity index is 2.12. The van der Waals surface area contributed by atoms with Crippen LogP contribution in [0.1, 0.15) is 23.6 Å². The number of nitrogens with zero attached hydrogens (tertiary/aromatic N) is 3. The second-order valence-corrected chi connectivity index (χ2v) is 3.33. The van der Waals surface area contributed by atoms with Gasteiger partial charge in [-0.3, -0.25) is 0 Å². The molecule has 0 saturated heterocycles. The lowest BCUT2D eigenvalue weighted by molar-refractivity contribution is 0.721. The number of nitrogens with one attached hydrogen (secondary N) is 1. The summed E-state index contributed by atoms with van der Waals surface area (Å²) in [6.45, 7) is 0.917. The molecule has 1 aromatic rings. The molecule has 0 aliphatic heterocycles. The SMILES string of the molecule is CNCCc1nnc2c(n1)CCC2. The fourth-order valence-electron chi connectivity index (χ4n) is 1.58. The van der Waals surface area contributed by atoms with Crippen LogP contribution in [0.2, 0.25) is 0 Å². The van der Waals surface area contributed by atoms with E-state index in [1.54, 1.807) is 0 Å². The number of aromatic nitrogens is 3. The van der Waals surface area contributed by atoms with Gasteiger partial charge in [-0.2, -0.15) is 5.10 Å². The third kappa shape index (κ3) is 1.83. The summed E-state index contributed by atoms with van der Waals surface area (Å²) in [5.74, 6) is 0.870. The molecule has 70 valence electrons. The summed E-state index contributed by atoms with van der Waals surface area (Å²) in [7, 11) is 1.93. The molecular weight excluding hydrogens is 164 g/mol. The molecule has 4 heteroatoms. The predicted octanol–water partition coefficient (Wildman–Crippen LogP) is 0.122. The lowest BCUT2D eigenvalue weighted by Gasteiger charge is -2.00. The van der Waals surface area contributed by atoms with Gasteiger partial charge in [-0.05, 0) is 26.3 Å². The highest BCUT2D eigenvalue weighted by molar-refractivity contribution is 5.15. The highest BCUT2D eigenvalue weighted by atomic mass is 15.2. The van der Waals surface area contributed by atoms with Crippen molar-refractivity contribution in [2.75, 3.05) is 13.6 Å². The second-order valence-electron chi connectivity index (χ2n) is 3.33. The van der Waals surface area contributed by atoms with E-state index in [-0.39, 0.29) is 0 Å². The first-order chi connectivity index (χ1) is 6.40. The Morgan fingerprint density at radius 2 is 2.08 bits per heavy atom. The summed E-state index contributed by atoms with van der Waals surface area (Å²) >= 11 is 0. The zero-order chi connectivity index (χ0) is 9.10. The molecule has 0 saturated carbocycles. The summed E-state index contributed by atoms with van der Waals surface area (Å²) in [6, 6.07) is 0. The zero-order valence-electron chi connectivity index (χ0n) is 7.88. The maximum absolute atomic E-state index is 4.48. The first-order valence-electron chi connectivity index (χ1n) is 4.76.